The summed E-state index contributed by atoms with van der Waals surface area (Å²) in [5.74, 6) is -0.599. The topological polar surface area (TPSA) is 63.6 Å². The summed E-state index contributed by atoms with van der Waals surface area (Å²) in [6.07, 6.45) is -0.992. The van der Waals surface area contributed by atoms with E-state index in [1.54, 1.807) is 6.92 Å². The Bertz CT molecular complexity index is 170. The fraction of sp³-hybridized carbons (Fsp3) is 0.750. The van der Waals surface area contributed by atoms with Crippen LogP contribution in [0.25, 0.3) is 0 Å². The molecular formula is C8H14AcO4. The van der Waals surface area contributed by atoms with Gasteiger partial charge in [0.05, 0.1) is 19.1 Å². The third kappa shape index (κ3) is 10.5. The summed E-state index contributed by atoms with van der Waals surface area (Å²) in [6.45, 7) is 3.36. The predicted octanol–water partition coefficient (Wildman–Crippen LogP) is 0.280. The summed E-state index contributed by atoms with van der Waals surface area (Å²) in [7, 11) is 0. The molecule has 1 unspecified atom stereocenters. The van der Waals surface area contributed by atoms with Crippen LogP contribution in [-0.2, 0) is 14.3 Å². The smallest absolute Gasteiger partial charge is 0.308 e. The first-order valence-corrected chi connectivity index (χ1v) is 3.89. The molecule has 0 spiro atoms. The van der Waals surface area contributed by atoms with Crippen molar-refractivity contribution in [1.29, 1.82) is 0 Å². The Balaban J connectivity index is 0. The summed E-state index contributed by atoms with van der Waals surface area (Å²) in [4.78, 5) is 21.2. The molecule has 1 N–H and O–H groups in total. The Kier molecular flexibility index (Phi) is 11.2. The van der Waals surface area contributed by atoms with Gasteiger partial charge in [-0.1, -0.05) is 0 Å². The molecule has 0 aliphatic rings. The number of aliphatic hydroxyl groups is 1. The van der Waals surface area contributed by atoms with Crippen LogP contribution in [0.5, 0.6) is 0 Å². The maximum atomic E-state index is 10.7. The number of esters is 1. The van der Waals surface area contributed by atoms with Gasteiger partial charge in [-0.15, -0.1) is 0 Å². The maximum Gasteiger partial charge on any atom is 0.308 e. The molecule has 0 aromatic rings. The summed E-state index contributed by atoms with van der Waals surface area (Å²) < 4.78 is 4.58. The summed E-state index contributed by atoms with van der Waals surface area (Å²) in [5, 5.41) is 9.09. The van der Waals surface area contributed by atoms with Gasteiger partial charge in [-0.05, 0) is 13.8 Å². The van der Waals surface area contributed by atoms with E-state index in [4.69, 9.17) is 5.11 Å². The second kappa shape index (κ2) is 9.11. The summed E-state index contributed by atoms with van der Waals surface area (Å²) >= 11 is 0. The summed E-state index contributed by atoms with van der Waals surface area (Å²) in [6, 6.07) is 0. The number of hydrogen-bond acceptors (Lipinski definition) is 4. The molecule has 4 nitrogen and oxygen atoms in total. The molecule has 0 rings (SSSR count). The number of hydrogen-bond donors (Lipinski definition) is 1. The third-order valence-corrected chi connectivity index (χ3v) is 1.23. The third-order valence-electron chi connectivity index (χ3n) is 1.23. The molecule has 0 bridgehead atoms. The van der Waals surface area contributed by atoms with Crippen molar-refractivity contribution in [2.24, 2.45) is 0 Å². The minimum Gasteiger partial charge on any atom is -0.466 e. The van der Waals surface area contributed by atoms with Crippen molar-refractivity contribution in [3.05, 3.63) is 0 Å². The molecule has 0 aromatic carbocycles. The van der Waals surface area contributed by atoms with Crippen LogP contribution in [0, 0.1) is 44.1 Å². The van der Waals surface area contributed by atoms with Gasteiger partial charge in [-0.2, -0.15) is 0 Å². The zero-order valence-electron chi connectivity index (χ0n) is 7.95. The van der Waals surface area contributed by atoms with Gasteiger partial charge in [-0.3, -0.25) is 9.59 Å². The normalized spacial score (nSPS) is 11.3. The van der Waals surface area contributed by atoms with Crippen molar-refractivity contribution in [2.75, 3.05) is 6.61 Å². The van der Waals surface area contributed by atoms with E-state index in [9.17, 15) is 9.59 Å². The van der Waals surface area contributed by atoms with Gasteiger partial charge in [0.15, 0.2) is 0 Å². The first-order chi connectivity index (χ1) is 5.56. The molecule has 13 heavy (non-hydrogen) atoms. The van der Waals surface area contributed by atoms with E-state index in [2.05, 4.69) is 4.74 Å². The minimum atomic E-state index is -0.901. The van der Waals surface area contributed by atoms with Gasteiger partial charge in [0.25, 0.3) is 0 Å². The number of carbonyl (C=O) groups is 2. The van der Waals surface area contributed by atoms with E-state index in [-0.39, 0.29) is 62.7 Å². The van der Waals surface area contributed by atoms with Crippen molar-refractivity contribution >= 4 is 11.8 Å². The average Bonchev–Trinajstić information content (AvgIpc) is 1.84. The molecular weight excluding hydrogens is 387 g/mol. The second-order valence-electron chi connectivity index (χ2n) is 2.57. The van der Waals surface area contributed by atoms with Gasteiger partial charge >= 0.3 is 5.97 Å². The molecule has 0 amide bonds. The van der Waals surface area contributed by atoms with E-state index in [0.717, 1.165) is 0 Å². The standard InChI is InChI=1S/C8H14O4.Ac/c1-3-12-8(11)5-7(10)4-6(2)9;/h7,10H,3-5H2,1-2H3;. The summed E-state index contributed by atoms with van der Waals surface area (Å²) in [5.41, 5.74) is 0. The van der Waals surface area contributed by atoms with Crippen LogP contribution in [0.3, 0.4) is 0 Å². The zero-order valence-corrected chi connectivity index (χ0v) is 12.7. The van der Waals surface area contributed by atoms with Crippen LogP contribution in [0.2, 0.25) is 0 Å². The monoisotopic (exact) mass is 401 g/mol. The van der Waals surface area contributed by atoms with Crippen LogP contribution >= 0.6 is 0 Å². The number of ketones is 1. The van der Waals surface area contributed by atoms with E-state index < -0.39 is 12.1 Å². The van der Waals surface area contributed by atoms with Crippen molar-refractivity contribution in [1.82, 2.24) is 0 Å². The molecule has 73 valence electrons. The molecule has 0 heterocycles. The number of aliphatic hydroxyl groups excluding tert-OH is 1. The number of ether oxygens (including phenoxy) is 1. The average molecular weight is 401 g/mol. The molecule has 0 aliphatic heterocycles. The van der Waals surface area contributed by atoms with Gasteiger partial charge < -0.3 is 9.84 Å². The molecule has 0 fully saturated rings. The Morgan fingerprint density at radius 3 is 2.31 bits per heavy atom. The van der Waals surface area contributed by atoms with Crippen molar-refractivity contribution in [2.45, 2.75) is 32.8 Å². The van der Waals surface area contributed by atoms with Crippen molar-refractivity contribution < 1.29 is 63.5 Å². The van der Waals surface area contributed by atoms with E-state index in [1.165, 1.54) is 6.92 Å². The number of rotatable bonds is 5. The molecule has 0 saturated heterocycles. The fourth-order valence-electron chi connectivity index (χ4n) is 0.816. The minimum absolute atomic E-state index is 0. The largest absolute Gasteiger partial charge is 0.466 e. The van der Waals surface area contributed by atoms with Gasteiger partial charge in [0.1, 0.15) is 5.78 Å². The SMILES string of the molecule is CCOC(=O)CC(O)CC(C)=O.[Ac]. The molecule has 0 aromatic heterocycles. The first kappa shape index (κ1) is 16.0. The van der Waals surface area contributed by atoms with Crippen LogP contribution < -0.4 is 0 Å². The molecule has 1 atom stereocenters. The second-order valence-corrected chi connectivity index (χ2v) is 2.57. The van der Waals surface area contributed by atoms with Crippen LogP contribution in [-0.4, -0.2) is 29.6 Å². The van der Waals surface area contributed by atoms with Crippen LogP contribution in [0.1, 0.15) is 26.7 Å². The van der Waals surface area contributed by atoms with Crippen LogP contribution in [0.15, 0.2) is 0 Å². The van der Waals surface area contributed by atoms with E-state index >= 15 is 0 Å². The Labute approximate surface area is 114 Å². The number of carbonyl (C=O) groups excluding carboxylic acids is 2. The van der Waals surface area contributed by atoms with E-state index in [1.807, 2.05) is 0 Å². The van der Waals surface area contributed by atoms with Crippen molar-refractivity contribution in [3.8, 4) is 0 Å². The molecule has 0 aliphatic carbocycles. The predicted molar refractivity (Wildman–Crippen MR) is 42.6 cm³/mol. The van der Waals surface area contributed by atoms with Gasteiger partial charge in [-0.25, -0.2) is 0 Å². The Morgan fingerprint density at radius 2 is 1.92 bits per heavy atom. The van der Waals surface area contributed by atoms with Gasteiger partial charge in [0, 0.05) is 50.5 Å². The zero-order chi connectivity index (χ0) is 9.56. The number of Topliss-reactive ketones (excluding diaryl/α,β-unsaturated/α-hetero) is 1. The molecule has 0 saturated carbocycles. The Hall–Kier alpha value is 0.542. The van der Waals surface area contributed by atoms with Crippen molar-refractivity contribution in [3.63, 3.8) is 0 Å². The quantitative estimate of drug-likeness (QED) is 0.673. The van der Waals surface area contributed by atoms with E-state index in [0.29, 0.717) is 6.61 Å². The van der Waals surface area contributed by atoms with Gasteiger partial charge in [0.2, 0.25) is 0 Å². The Morgan fingerprint density at radius 1 is 1.38 bits per heavy atom. The molecule has 5 heteroatoms. The maximum absolute atomic E-state index is 10.7. The molecule has 1 radical (unpaired) electrons. The fourth-order valence-corrected chi connectivity index (χ4v) is 0.816. The van der Waals surface area contributed by atoms with Crippen LogP contribution in [0.4, 0.5) is 0 Å². The first-order valence-electron chi connectivity index (χ1n) is 3.89.